The van der Waals surface area contributed by atoms with Crippen molar-refractivity contribution in [1.82, 2.24) is 14.6 Å². The molecule has 0 unspecified atom stereocenters. The van der Waals surface area contributed by atoms with Crippen LogP contribution in [-0.4, -0.2) is 20.5 Å². The van der Waals surface area contributed by atoms with Crippen molar-refractivity contribution in [1.29, 1.82) is 0 Å². The van der Waals surface area contributed by atoms with E-state index in [4.69, 9.17) is 5.73 Å². The number of primary amides is 1. The summed E-state index contributed by atoms with van der Waals surface area (Å²) in [5.74, 6) is -0.527. The van der Waals surface area contributed by atoms with Crippen LogP contribution < -0.4 is 5.73 Å². The van der Waals surface area contributed by atoms with Crippen molar-refractivity contribution >= 4 is 11.6 Å². The molecular weight excluding hydrogens is 180 g/mol. The third-order valence-corrected chi connectivity index (χ3v) is 1.98. The third-order valence-electron chi connectivity index (χ3n) is 1.98. The Bertz CT molecular complexity index is 515. The van der Waals surface area contributed by atoms with Crippen molar-refractivity contribution in [3.8, 4) is 0 Å². The SMILES string of the molecule is Cc1cn2nc(C(N)=O)cc(C)c2n1. The molecular formula is C9H10N4O. The van der Waals surface area contributed by atoms with Crippen LogP contribution in [-0.2, 0) is 0 Å². The number of carbonyl (C=O) groups excluding carboxylic acids is 1. The van der Waals surface area contributed by atoms with E-state index in [1.54, 1.807) is 16.8 Å². The van der Waals surface area contributed by atoms with Gasteiger partial charge >= 0.3 is 0 Å². The zero-order valence-electron chi connectivity index (χ0n) is 7.98. The van der Waals surface area contributed by atoms with Gasteiger partial charge in [0.1, 0.15) is 5.69 Å². The van der Waals surface area contributed by atoms with E-state index in [0.29, 0.717) is 0 Å². The monoisotopic (exact) mass is 190 g/mol. The Morgan fingerprint density at radius 1 is 1.50 bits per heavy atom. The number of hydrogen-bond donors (Lipinski definition) is 1. The van der Waals surface area contributed by atoms with Crippen molar-refractivity contribution in [3.63, 3.8) is 0 Å². The van der Waals surface area contributed by atoms with Gasteiger partial charge < -0.3 is 5.73 Å². The number of nitrogens with zero attached hydrogens (tertiary/aromatic N) is 3. The minimum atomic E-state index is -0.527. The highest BCUT2D eigenvalue weighted by Gasteiger charge is 2.08. The lowest BCUT2D eigenvalue weighted by Gasteiger charge is -1.99. The summed E-state index contributed by atoms with van der Waals surface area (Å²) in [6.45, 7) is 3.74. The molecule has 2 rings (SSSR count). The van der Waals surface area contributed by atoms with Crippen LogP contribution in [0.2, 0.25) is 0 Å². The zero-order valence-corrected chi connectivity index (χ0v) is 7.98. The fourth-order valence-corrected chi connectivity index (χ4v) is 1.37. The number of rotatable bonds is 1. The van der Waals surface area contributed by atoms with Gasteiger partial charge in [0.2, 0.25) is 0 Å². The Morgan fingerprint density at radius 3 is 2.86 bits per heavy atom. The highest BCUT2D eigenvalue weighted by atomic mass is 16.1. The first-order valence-electron chi connectivity index (χ1n) is 4.21. The third kappa shape index (κ3) is 1.22. The van der Waals surface area contributed by atoms with Crippen molar-refractivity contribution < 1.29 is 4.79 Å². The molecule has 0 aliphatic carbocycles. The predicted molar refractivity (Wildman–Crippen MR) is 51.0 cm³/mol. The summed E-state index contributed by atoms with van der Waals surface area (Å²) in [6.07, 6.45) is 1.76. The van der Waals surface area contributed by atoms with Gasteiger partial charge in [-0.3, -0.25) is 4.79 Å². The zero-order chi connectivity index (χ0) is 10.3. The van der Waals surface area contributed by atoms with Gasteiger partial charge in [-0.1, -0.05) is 0 Å². The Morgan fingerprint density at radius 2 is 2.21 bits per heavy atom. The van der Waals surface area contributed by atoms with E-state index in [-0.39, 0.29) is 5.69 Å². The van der Waals surface area contributed by atoms with E-state index in [1.165, 1.54) is 0 Å². The Kier molecular flexibility index (Phi) is 1.73. The second kappa shape index (κ2) is 2.80. The molecule has 2 aromatic rings. The summed E-state index contributed by atoms with van der Waals surface area (Å²) >= 11 is 0. The number of fused-ring (bicyclic) bond motifs is 1. The van der Waals surface area contributed by atoms with Gasteiger partial charge in [0.05, 0.1) is 11.9 Å². The molecule has 72 valence electrons. The van der Waals surface area contributed by atoms with E-state index in [2.05, 4.69) is 10.1 Å². The van der Waals surface area contributed by atoms with Gasteiger partial charge in [-0.2, -0.15) is 5.10 Å². The first-order chi connectivity index (χ1) is 6.58. The molecule has 0 aliphatic rings. The Hall–Kier alpha value is -1.91. The predicted octanol–water partition coefficient (Wildman–Crippen LogP) is 0.445. The maximum Gasteiger partial charge on any atom is 0.269 e. The maximum absolute atomic E-state index is 10.9. The van der Waals surface area contributed by atoms with Crippen molar-refractivity contribution in [2.45, 2.75) is 13.8 Å². The van der Waals surface area contributed by atoms with Gasteiger partial charge in [-0.25, -0.2) is 9.50 Å². The quantitative estimate of drug-likeness (QED) is 0.709. The molecule has 0 spiro atoms. The van der Waals surface area contributed by atoms with Crippen molar-refractivity contribution in [2.24, 2.45) is 5.73 Å². The van der Waals surface area contributed by atoms with Crippen LogP contribution in [0.3, 0.4) is 0 Å². The molecule has 0 saturated carbocycles. The lowest BCUT2D eigenvalue weighted by molar-refractivity contribution is 0.0994. The molecule has 2 N–H and O–H groups in total. The van der Waals surface area contributed by atoms with Crippen LogP contribution in [0, 0.1) is 13.8 Å². The van der Waals surface area contributed by atoms with Crippen LogP contribution in [0.1, 0.15) is 21.7 Å². The highest BCUT2D eigenvalue weighted by molar-refractivity contribution is 5.91. The van der Waals surface area contributed by atoms with Crippen molar-refractivity contribution in [3.05, 3.63) is 29.2 Å². The smallest absolute Gasteiger partial charge is 0.269 e. The average Bonchev–Trinajstić information content (AvgIpc) is 2.45. The first kappa shape index (κ1) is 8.68. The van der Waals surface area contributed by atoms with Crippen LogP contribution in [0.4, 0.5) is 0 Å². The summed E-state index contributed by atoms with van der Waals surface area (Å²) in [5, 5.41) is 4.04. The van der Waals surface area contributed by atoms with Crippen LogP contribution in [0.15, 0.2) is 12.3 Å². The Labute approximate surface area is 80.6 Å². The fourth-order valence-electron chi connectivity index (χ4n) is 1.37. The molecule has 0 fully saturated rings. The van der Waals surface area contributed by atoms with Gasteiger partial charge in [-0.15, -0.1) is 0 Å². The van der Waals surface area contributed by atoms with E-state index >= 15 is 0 Å². The van der Waals surface area contributed by atoms with E-state index in [0.717, 1.165) is 16.9 Å². The molecule has 0 bridgehead atoms. The van der Waals surface area contributed by atoms with Crippen LogP contribution in [0.5, 0.6) is 0 Å². The maximum atomic E-state index is 10.9. The molecule has 14 heavy (non-hydrogen) atoms. The second-order valence-corrected chi connectivity index (χ2v) is 3.23. The number of imidazole rings is 1. The number of nitrogens with two attached hydrogens (primary N) is 1. The summed E-state index contributed by atoms with van der Waals surface area (Å²) in [5.41, 5.74) is 7.91. The number of amides is 1. The first-order valence-corrected chi connectivity index (χ1v) is 4.21. The van der Waals surface area contributed by atoms with E-state index in [1.807, 2.05) is 13.8 Å². The van der Waals surface area contributed by atoms with Gasteiger partial charge in [0, 0.05) is 0 Å². The van der Waals surface area contributed by atoms with Crippen LogP contribution in [0.25, 0.3) is 5.65 Å². The Balaban J connectivity index is 2.77. The largest absolute Gasteiger partial charge is 0.364 e. The molecule has 5 nitrogen and oxygen atoms in total. The summed E-state index contributed by atoms with van der Waals surface area (Å²) in [4.78, 5) is 15.2. The standard InChI is InChI=1S/C9H10N4O/c1-5-3-7(8(10)14)12-13-4-6(2)11-9(5)13/h3-4H,1-2H3,(H2,10,14). The molecule has 0 aliphatic heterocycles. The van der Waals surface area contributed by atoms with Gasteiger partial charge in [-0.05, 0) is 25.5 Å². The second-order valence-electron chi connectivity index (χ2n) is 3.23. The lowest BCUT2D eigenvalue weighted by atomic mass is 10.2. The molecule has 5 heteroatoms. The molecule has 2 aromatic heterocycles. The van der Waals surface area contributed by atoms with Gasteiger partial charge in [0.15, 0.2) is 5.65 Å². The number of aryl methyl sites for hydroxylation is 2. The van der Waals surface area contributed by atoms with E-state index < -0.39 is 5.91 Å². The van der Waals surface area contributed by atoms with Gasteiger partial charge in [0.25, 0.3) is 5.91 Å². The molecule has 1 amide bonds. The number of aromatic nitrogens is 3. The molecule has 2 heterocycles. The van der Waals surface area contributed by atoms with E-state index in [9.17, 15) is 4.79 Å². The topological polar surface area (TPSA) is 73.3 Å². The highest BCUT2D eigenvalue weighted by Crippen LogP contribution is 2.09. The summed E-state index contributed by atoms with van der Waals surface area (Å²) < 4.78 is 1.57. The fraction of sp³-hybridized carbons (Fsp3) is 0.222. The summed E-state index contributed by atoms with van der Waals surface area (Å²) in [7, 11) is 0. The minimum Gasteiger partial charge on any atom is -0.364 e. The molecule has 0 radical (unpaired) electrons. The normalized spacial score (nSPS) is 10.7. The lowest BCUT2D eigenvalue weighted by Crippen LogP contribution is -2.15. The van der Waals surface area contributed by atoms with Crippen LogP contribution >= 0.6 is 0 Å². The average molecular weight is 190 g/mol. The number of carbonyl (C=O) groups is 1. The number of hydrogen-bond acceptors (Lipinski definition) is 3. The molecule has 0 saturated heterocycles. The molecule has 0 aromatic carbocycles. The minimum absolute atomic E-state index is 0.257. The van der Waals surface area contributed by atoms with Crippen molar-refractivity contribution in [2.75, 3.05) is 0 Å². The summed E-state index contributed by atoms with van der Waals surface area (Å²) in [6, 6.07) is 1.64. The molecule has 0 atom stereocenters.